The number of hydrogen-bond acceptors (Lipinski definition) is 2. The second-order valence-electron chi connectivity index (χ2n) is 4.25. The fraction of sp³-hybridized carbons (Fsp3) is 0.500. The molecule has 0 bridgehead atoms. The molecule has 0 aliphatic carbocycles. The topological polar surface area (TPSA) is 21.3 Å². The lowest BCUT2D eigenvalue weighted by Crippen LogP contribution is -2.22. The molecule has 2 rings (SSSR count). The number of halogens is 2. The van der Waals surface area contributed by atoms with E-state index in [2.05, 4.69) is 28.2 Å². The molecule has 1 N–H and O–H groups in total. The van der Waals surface area contributed by atoms with Gasteiger partial charge in [-0.2, -0.15) is 0 Å². The molecule has 1 aromatic rings. The van der Waals surface area contributed by atoms with E-state index in [0.717, 1.165) is 34.8 Å². The molecule has 0 spiro atoms. The lowest BCUT2D eigenvalue weighted by molar-refractivity contribution is 0.0516. The third kappa shape index (κ3) is 2.98. The summed E-state index contributed by atoms with van der Waals surface area (Å²) < 4.78 is 6.86. The molecular formula is C12H15BrClNO. The van der Waals surface area contributed by atoms with E-state index in [-0.39, 0.29) is 6.10 Å². The molecule has 1 aliphatic heterocycles. The number of nitrogens with one attached hydrogen (secondary N) is 1. The first-order valence-corrected chi connectivity index (χ1v) is 6.61. The van der Waals surface area contributed by atoms with Gasteiger partial charge in [0.05, 0.1) is 12.7 Å². The average Bonchev–Trinajstić information content (AvgIpc) is 2.43. The van der Waals surface area contributed by atoms with Crippen LogP contribution in [0.25, 0.3) is 0 Å². The Balaban J connectivity index is 2.16. The van der Waals surface area contributed by atoms with Crippen LogP contribution in [0, 0.1) is 5.92 Å². The van der Waals surface area contributed by atoms with Crippen LogP contribution >= 0.6 is 27.5 Å². The summed E-state index contributed by atoms with van der Waals surface area (Å²) in [6, 6.07) is 5.93. The van der Waals surface area contributed by atoms with Gasteiger partial charge in [-0.25, -0.2) is 0 Å². The summed E-state index contributed by atoms with van der Waals surface area (Å²) in [6.45, 7) is 4.79. The van der Waals surface area contributed by atoms with Crippen molar-refractivity contribution in [2.24, 2.45) is 5.92 Å². The smallest absolute Gasteiger partial charge is 0.0963 e. The maximum Gasteiger partial charge on any atom is 0.0963 e. The van der Waals surface area contributed by atoms with Gasteiger partial charge in [-0.05, 0) is 18.1 Å². The van der Waals surface area contributed by atoms with Gasteiger partial charge in [0.15, 0.2) is 0 Å². The van der Waals surface area contributed by atoms with Gasteiger partial charge >= 0.3 is 0 Å². The molecule has 1 saturated heterocycles. The predicted octanol–water partition coefficient (Wildman–Crippen LogP) is 3.40. The molecule has 4 heteroatoms. The zero-order chi connectivity index (χ0) is 11.5. The highest BCUT2D eigenvalue weighted by Gasteiger charge is 2.19. The first-order valence-electron chi connectivity index (χ1n) is 5.44. The maximum absolute atomic E-state index is 6.21. The Morgan fingerprint density at radius 3 is 3.00 bits per heavy atom. The Hall–Kier alpha value is -0.0900. The fourth-order valence-corrected chi connectivity index (χ4v) is 2.62. The quantitative estimate of drug-likeness (QED) is 0.858. The second kappa shape index (κ2) is 5.50. The van der Waals surface area contributed by atoms with Gasteiger partial charge < -0.3 is 10.1 Å². The van der Waals surface area contributed by atoms with Crippen molar-refractivity contribution in [3.05, 3.63) is 33.3 Å². The Morgan fingerprint density at radius 2 is 2.25 bits per heavy atom. The van der Waals surface area contributed by atoms with Gasteiger partial charge in [-0.1, -0.05) is 40.5 Å². The van der Waals surface area contributed by atoms with Crippen molar-refractivity contribution in [1.29, 1.82) is 0 Å². The Labute approximate surface area is 109 Å². The van der Waals surface area contributed by atoms with E-state index in [1.54, 1.807) is 0 Å². The predicted molar refractivity (Wildman–Crippen MR) is 69.9 cm³/mol. The Kier molecular flexibility index (Phi) is 4.25. The molecule has 1 aromatic carbocycles. The van der Waals surface area contributed by atoms with Crippen molar-refractivity contribution in [1.82, 2.24) is 5.32 Å². The van der Waals surface area contributed by atoms with Crippen LogP contribution in [-0.2, 0) is 4.74 Å². The van der Waals surface area contributed by atoms with Gasteiger partial charge in [0.1, 0.15) is 0 Å². The Morgan fingerprint density at radius 1 is 1.44 bits per heavy atom. The Bertz CT molecular complexity index is 372. The van der Waals surface area contributed by atoms with Gasteiger partial charge in [0.2, 0.25) is 0 Å². The highest BCUT2D eigenvalue weighted by Crippen LogP contribution is 2.29. The number of rotatable bonds is 1. The van der Waals surface area contributed by atoms with Crippen LogP contribution in [0.4, 0.5) is 0 Å². The molecule has 0 amide bonds. The second-order valence-corrected chi connectivity index (χ2v) is 5.57. The lowest BCUT2D eigenvalue weighted by atomic mass is 10.1. The molecular weight excluding hydrogens is 289 g/mol. The molecule has 2 atom stereocenters. The van der Waals surface area contributed by atoms with E-state index in [1.165, 1.54) is 0 Å². The van der Waals surface area contributed by atoms with Crippen LogP contribution < -0.4 is 5.32 Å². The largest absolute Gasteiger partial charge is 0.372 e. The standard InChI is InChI=1S/C12H15BrClNO/c1-8-5-15-6-12(16-7-8)10-3-2-9(13)4-11(10)14/h2-4,8,12,15H,5-7H2,1H3. The molecule has 88 valence electrons. The lowest BCUT2D eigenvalue weighted by Gasteiger charge is -2.17. The third-order valence-electron chi connectivity index (χ3n) is 2.71. The van der Waals surface area contributed by atoms with Crippen molar-refractivity contribution in [2.45, 2.75) is 13.0 Å². The van der Waals surface area contributed by atoms with E-state index in [1.807, 2.05) is 18.2 Å². The molecule has 2 nitrogen and oxygen atoms in total. The van der Waals surface area contributed by atoms with E-state index in [0.29, 0.717) is 5.92 Å². The van der Waals surface area contributed by atoms with Crippen LogP contribution in [0.1, 0.15) is 18.6 Å². The number of hydrogen-bond donors (Lipinski definition) is 1. The van der Waals surface area contributed by atoms with Crippen LogP contribution in [0.15, 0.2) is 22.7 Å². The molecule has 0 saturated carbocycles. The molecule has 1 aliphatic rings. The van der Waals surface area contributed by atoms with Crippen LogP contribution in [0.5, 0.6) is 0 Å². The average molecular weight is 305 g/mol. The summed E-state index contributed by atoms with van der Waals surface area (Å²) >= 11 is 9.62. The van der Waals surface area contributed by atoms with Crippen molar-refractivity contribution in [3.8, 4) is 0 Å². The monoisotopic (exact) mass is 303 g/mol. The van der Waals surface area contributed by atoms with Crippen LogP contribution in [0.3, 0.4) is 0 Å². The van der Waals surface area contributed by atoms with Gasteiger partial charge in [0.25, 0.3) is 0 Å². The fourth-order valence-electron chi connectivity index (χ4n) is 1.82. The molecule has 1 fully saturated rings. The first kappa shape index (κ1) is 12.4. The third-order valence-corrected chi connectivity index (χ3v) is 3.53. The normalized spacial score (nSPS) is 26.4. The highest BCUT2D eigenvalue weighted by atomic mass is 79.9. The van der Waals surface area contributed by atoms with Gasteiger partial charge in [-0.3, -0.25) is 0 Å². The molecule has 0 aromatic heterocycles. The van der Waals surface area contributed by atoms with Gasteiger partial charge in [-0.15, -0.1) is 0 Å². The molecule has 16 heavy (non-hydrogen) atoms. The van der Waals surface area contributed by atoms with Crippen molar-refractivity contribution < 1.29 is 4.74 Å². The summed E-state index contributed by atoms with van der Waals surface area (Å²) in [5.41, 5.74) is 1.06. The van der Waals surface area contributed by atoms with Crippen molar-refractivity contribution >= 4 is 27.5 Å². The minimum atomic E-state index is 0.0607. The maximum atomic E-state index is 6.21. The number of benzene rings is 1. The minimum Gasteiger partial charge on any atom is -0.372 e. The molecule has 0 radical (unpaired) electrons. The van der Waals surface area contributed by atoms with E-state index < -0.39 is 0 Å². The zero-order valence-electron chi connectivity index (χ0n) is 9.17. The van der Waals surface area contributed by atoms with E-state index >= 15 is 0 Å². The summed E-state index contributed by atoms with van der Waals surface area (Å²) in [4.78, 5) is 0. The van der Waals surface area contributed by atoms with Crippen molar-refractivity contribution in [2.75, 3.05) is 19.7 Å². The molecule has 1 heterocycles. The molecule has 2 unspecified atom stereocenters. The first-order chi connectivity index (χ1) is 7.66. The SMILES string of the molecule is CC1CNCC(c2ccc(Br)cc2Cl)OC1. The summed E-state index contributed by atoms with van der Waals surface area (Å²) in [7, 11) is 0. The van der Waals surface area contributed by atoms with Crippen LogP contribution in [0.2, 0.25) is 5.02 Å². The minimum absolute atomic E-state index is 0.0607. The van der Waals surface area contributed by atoms with Crippen LogP contribution in [-0.4, -0.2) is 19.7 Å². The summed E-state index contributed by atoms with van der Waals surface area (Å²) in [5, 5.41) is 4.15. The zero-order valence-corrected chi connectivity index (χ0v) is 11.5. The van der Waals surface area contributed by atoms with E-state index in [4.69, 9.17) is 16.3 Å². The number of ether oxygens (including phenoxy) is 1. The van der Waals surface area contributed by atoms with Crippen molar-refractivity contribution in [3.63, 3.8) is 0 Å². The van der Waals surface area contributed by atoms with Gasteiger partial charge in [0, 0.05) is 28.1 Å². The summed E-state index contributed by atoms with van der Waals surface area (Å²) in [5.74, 6) is 0.555. The van der Waals surface area contributed by atoms with E-state index in [9.17, 15) is 0 Å². The summed E-state index contributed by atoms with van der Waals surface area (Å²) in [6.07, 6.45) is 0.0607. The highest BCUT2D eigenvalue weighted by molar-refractivity contribution is 9.10.